The molecule has 2 amide bonds. The maximum absolute atomic E-state index is 11.9. The van der Waals surface area contributed by atoms with Gasteiger partial charge < -0.3 is 20.5 Å². The molecule has 2 rings (SSSR count). The Labute approximate surface area is 148 Å². The van der Waals surface area contributed by atoms with Gasteiger partial charge in [-0.05, 0) is 17.7 Å². The highest BCUT2D eigenvalue weighted by Crippen LogP contribution is 2.24. The van der Waals surface area contributed by atoms with Crippen molar-refractivity contribution in [2.24, 2.45) is 0 Å². The summed E-state index contributed by atoms with van der Waals surface area (Å²) in [5.74, 6) is -4.02. The van der Waals surface area contributed by atoms with E-state index in [-0.39, 0.29) is 23.5 Å². The van der Waals surface area contributed by atoms with Crippen molar-refractivity contribution >= 4 is 29.4 Å². The van der Waals surface area contributed by atoms with E-state index in [0.717, 1.165) is 24.6 Å². The van der Waals surface area contributed by atoms with Gasteiger partial charge in [0.25, 0.3) is 0 Å². The molecule has 0 aliphatic rings. The molecule has 0 saturated heterocycles. The number of hydrogen-bond acceptors (Lipinski definition) is 5. The summed E-state index contributed by atoms with van der Waals surface area (Å²) in [6, 6.07) is 12.7. The molecule has 0 spiro atoms. The van der Waals surface area contributed by atoms with E-state index in [1.165, 1.54) is 6.07 Å². The number of ether oxygens (including phenoxy) is 1. The van der Waals surface area contributed by atoms with Gasteiger partial charge in [0.15, 0.2) is 0 Å². The number of aromatic carboxylic acids is 1. The van der Waals surface area contributed by atoms with Gasteiger partial charge in [-0.25, -0.2) is 4.79 Å². The van der Waals surface area contributed by atoms with Crippen LogP contribution < -0.4 is 15.4 Å². The highest BCUT2D eigenvalue weighted by molar-refractivity contribution is 6.39. The first-order valence-electron chi connectivity index (χ1n) is 7.55. The molecule has 0 atom stereocenters. The summed E-state index contributed by atoms with van der Waals surface area (Å²) in [5.41, 5.74) is 0.703. The number of carbonyl (C=O) groups is 4. The van der Waals surface area contributed by atoms with Gasteiger partial charge in [0.05, 0.1) is 0 Å². The lowest BCUT2D eigenvalue weighted by Gasteiger charge is -2.10. The molecule has 2 aromatic carbocycles. The molecule has 2 aromatic rings. The largest absolute Gasteiger partial charge is 0.478 e. The maximum atomic E-state index is 11.9. The Bertz CT molecular complexity index is 848. The Morgan fingerprint density at radius 1 is 1.00 bits per heavy atom. The van der Waals surface area contributed by atoms with Gasteiger partial charge in [-0.15, -0.1) is 0 Å². The number of carboxylic acid groups (broad SMARTS) is 1. The Kier molecular flexibility index (Phi) is 6.05. The van der Waals surface area contributed by atoms with E-state index in [1.54, 1.807) is 12.1 Å². The number of hydrogen-bond donors (Lipinski definition) is 3. The standard InChI is InChI=1S/C18H16N2O6/c1-11(21)26-15-9-13(7-8-14(15)18(24)25)20-17(23)16(22)19-10-12-5-3-2-4-6-12/h2-9H,10H2,1H3,(H,19,22)(H,20,23)(H,24,25). The smallest absolute Gasteiger partial charge is 0.339 e. The van der Waals surface area contributed by atoms with Crippen LogP contribution in [0.3, 0.4) is 0 Å². The topological polar surface area (TPSA) is 122 Å². The number of carboxylic acids is 1. The predicted octanol–water partition coefficient (Wildman–Crippen LogP) is 1.56. The molecule has 26 heavy (non-hydrogen) atoms. The summed E-state index contributed by atoms with van der Waals surface area (Å²) >= 11 is 0. The molecule has 0 aliphatic carbocycles. The van der Waals surface area contributed by atoms with E-state index in [9.17, 15) is 19.2 Å². The van der Waals surface area contributed by atoms with E-state index < -0.39 is 23.8 Å². The normalized spacial score (nSPS) is 9.88. The zero-order valence-corrected chi connectivity index (χ0v) is 13.8. The molecule has 0 bridgehead atoms. The van der Waals surface area contributed by atoms with E-state index in [1.807, 2.05) is 18.2 Å². The Hall–Kier alpha value is -3.68. The van der Waals surface area contributed by atoms with E-state index >= 15 is 0 Å². The van der Waals surface area contributed by atoms with Crippen molar-refractivity contribution in [1.82, 2.24) is 5.32 Å². The maximum Gasteiger partial charge on any atom is 0.339 e. The average Bonchev–Trinajstić information content (AvgIpc) is 2.60. The third-order valence-electron chi connectivity index (χ3n) is 3.23. The molecule has 0 fully saturated rings. The van der Waals surface area contributed by atoms with Crippen LogP contribution in [0, 0.1) is 0 Å². The van der Waals surface area contributed by atoms with Crippen molar-refractivity contribution in [1.29, 1.82) is 0 Å². The van der Waals surface area contributed by atoms with Crippen molar-refractivity contribution in [2.75, 3.05) is 5.32 Å². The average molecular weight is 356 g/mol. The second-order valence-corrected chi connectivity index (χ2v) is 5.23. The van der Waals surface area contributed by atoms with Gasteiger partial charge in [0.1, 0.15) is 11.3 Å². The molecule has 0 saturated carbocycles. The Balaban J connectivity index is 2.04. The lowest BCUT2D eigenvalue weighted by atomic mass is 10.2. The molecular formula is C18H16N2O6. The summed E-state index contributed by atoms with van der Waals surface area (Å²) in [5, 5.41) is 13.9. The van der Waals surface area contributed by atoms with Crippen LogP contribution in [0.5, 0.6) is 5.75 Å². The number of amides is 2. The van der Waals surface area contributed by atoms with Crippen molar-refractivity contribution in [3.8, 4) is 5.75 Å². The van der Waals surface area contributed by atoms with Gasteiger partial charge in [0, 0.05) is 25.2 Å². The van der Waals surface area contributed by atoms with E-state index in [4.69, 9.17) is 9.84 Å². The number of esters is 1. The van der Waals surface area contributed by atoms with Crippen LogP contribution >= 0.6 is 0 Å². The number of anilines is 1. The molecule has 0 aliphatic heterocycles. The van der Waals surface area contributed by atoms with Crippen LogP contribution in [0.15, 0.2) is 48.5 Å². The Morgan fingerprint density at radius 2 is 1.69 bits per heavy atom. The third kappa shape index (κ3) is 5.17. The van der Waals surface area contributed by atoms with Crippen LogP contribution in [0.1, 0.15) is 22.8 Å². The molecule has 3 N–H and O–H groups in total. The SMILES string of the molecule is CC(=O)Oc1cc(NC(=O)C(=O)NCc2ccccc2)ccc1C(=O)O. The van der Waals surface area contributed by atoms with E-state index in [2.05, 4.69) is 10.6 Å². The number of benzene rings is 2. The van der Waals surface area contributed by atoms with Crippen LogP contribution in [-0.4, -0.2) is 28.9 Å². The van der Waals surface area contributed by atoms with Gasteiger partial charge >= 0.3 is 23.8 Å². The second kappa shape index (κ2) is 8.43. The molecule has 0 aromatic heterocycles. The zero-order chi connectivity index (χ0) is 19.1. The fraction of sp³-hybridized carbons (Fsp3) is 0.111. The lowest BCUT2D eigenvalue weighted by molar-refractivity contribution is -0.136. The first kappa shape index (κ1) is 18.7. The number of carbonyl (C=O) groups excluding carboxylic acids is 3. The van der Waals surface area contributed by atoms with Gasteiger partial charge in [-0.2, -0.15) is 0 Å². The van der Waals surface area contributed by atoms with Crippen molar-refractivity contribution in [3.05, 3.63) is 59.7 Å². The molecule has 0 unspecified atom stereocenters. The molecule has 0 heterocycles. The van der Waals surface area contributed by atoms with Crippen molar-refractivity contribution < 1.29 is 29.0 Å². The molecule has 0 radical (unpaired) electrons. The van der Waals surface area contributed by atoms with Crippen LogP contribution in [-0.2, 0) is 20.9 Å². The number of nitrogens with one attached hydrogen (secondary N) is 2. The molecule has 8 heteroatoms. The highest BCUT2D eigenvalue weighted by Gasteiger charge is 2.17. The first-order chi connectivity index (χ1) is 12.4. The summed E-state index contributed by atoms with van der Waals surface area (Å²) in [4.78, 5) is 46.0. The fourth-order valence-electron chi connectivity index (χ4n) is 2.06. The summed E-state index contributed by atoms with van der Waals surface area (Å²) in [7, 11) is 0. The van der Waals surface area contributed by atoms with Crippen molar-refractivity contribution in [2.45, 2.75) is 13.5 Å². The fourth-order valence-corrected chi connectivity index (χ4v) is 2.06. The van der Waals surface area contributed by atoms with Gasteiger partial charge in [-0.1, -0.05) is 30.3 Å². The molecule has 134 valence electrons. The second-order valence-electron chi connectivity index (χ2n) is 5.23. The lowest BCUT2D eigenvalue weighted by Crippen LogP contribution is -2.34. The van der Waals surface area contributed by atoms with Gasteiger partial charge in [0.2, 0.25) is 0 Å². The minimum atomic E-state index is -1.29. The van der Waals surface area contributed by atoms with E-state index in [0.29, 0.717) is 0 Å². The third-order valence-corrected chi connectivity index (χ3v) is 3.23. The summed E-state index contributed by atoms with van der Waals surface area (Å²) < 4.78 is 4.82. The van der Waals surface area contributed by atoms with Crippen LogP contribution in [0.4, 0.5) is 5.69 Å². The van der Waals surface area contributed by atoms with Crippen LogP contribution in [0.2, 0.25) is 0 Å². The van der Waals surface area contributed by atoms with Crippen LogP contribution in [0.25, 0.3) is 0 Å². The monoisotopic (exact) mass is 356 g/mol. The summed E-state index contributed by atoms with van der Waals surface area (Å²) in [6.45, 7) is 1.30. The molecular weight excluding hydrogens is 340 g/mol. The minimum absolute atomic E-state index is 0.117. The highest BCUT2D eigenvalue weighted by atomic mass is 16.5. The predicted molar refractivity (Wildman–Crippen MR) is 91.6 cm³/mol. The first-order valence-corrected chi connectivity index (χ1v) is 7.55. The quantitative estimate of drug-likeness (QED) is 0.425. The zero-order valence-electron chi connectivity index (χ0n) is 13.8. The minimum Gasteiger partial charge on any atom is -0.478 e. The summed E-state index contributed by atoms with van der Waals surface area (Å²) in [6.07, 6.45) is 0. The Morgan fingerprint density at radius 3 is 2.31 bits per heavy atom. The van der Waals surface area contributed by atoms with Crippen molar-refractivity contribution in [3.63, 3.8) is 0 Å². The number of rotatable bonds is 5. The molecule has 8 nitrogen and oxygen atoms in total. The van der Waals surface area contributed by atoms with Gasteiger partial charge in [-0.3, -0.25) is 14.4 Å².